The number of aromatic nitrogens is 4. The summed E-state index contributed by atoms with van der Waals surface area (Å²) >= 11 is 0. The minimum atomic E-state index is -1.15. The largest absolute Gasteiger partial charge is 0.387 e. The van der Waals surface area contributed by atoms with Crippen LogP contribution in [0.1, 0.15) is 65.7 Å². The first kappa shape index (κ1) is 25.6. The van der Waals surface area contributed by atoms with Gasteiger partial charge in [-0.05, 0) is 24.8 Å². The van der Waals surface area contributed by atoms with E-state index in [0.717, 1.165) is 17.3 Å². The Hall–Kier alpha value is -3.00. The molecule has 2 unspecified atom stereocenters. The Morgan fingerprint density at radius 1 is 1.16 bits per heavy atom. The number of aliphatic hydroxyl groups is 1. The minimum Gasteiger partial charge on any atom is -0.387 e. The fourth-order valence-corrected chi connectivity index (χ4v) is 6.28. The second-order valence-electron chi connectivity index (χ2n) is 11.9. The summed E-state index contributed by atoms with van der Waals surface area (Å²) in [6.45, 7) is 7.13. The Morgan fingerprint density at radius 3 is 2.68 bits per heavy atom. The van der Waals surface area contributed by atoms with Crippen molar-refractivity contribution in [2.45, 2.75) is 77.9 Å². The van der Waals surface area contributed by atoms with E-state index in [2.05, 4.69) is 17.0 Å². The molecule has 1 amide bonds. The highest BCUT2D eigenvalue weighted by Crippen LogP contribution is 2.40. The van der Waals surface area contributed by atoms with Gasteiger partial charge in [0.15, 0.2) is 5.82 Å². The molecule has 0 bridgehead atoms. The van der Waals surface area contributed by atoms with Crippen LogP contribution in [0, 0.1) is 17.3 Å². The van der Waals surface area contributed by atoms with Gasteiger partial charge in [-0.2, -0.15) is 5.10 Å². The van der Waals surface area contributed by atoms with Crippen LogP contribution in [-0.2, 0) is 11.3 Å². The van der Waals surface area contributed by atoms with Gasteiger partial charge in [0.05, 0.1) is 36.3 Å². The second-order valence-corrected chi connectivity index (χ2v) is 11.9. The van der Waals surface area contributed by atoms with Crippen LogP contribution in [0.15, 0.2) is 47.7 Å². The summed E-state index contributed by atoms with van der Waals surface area (Å²) in [5.41, 5.74) is -1.12. The molecule has 0 spiro atoms. The number of amides is 1. The molecule has 5 rings (SSSR count). The number of carbonyl (C=O) groups is 1. The first-order valence-corrected chi connectivity index (χ1v) is 13.7. The van der Waals surface area contributed by atoms with Gasteiger partial charge < -0.3 is 14.6 Å². The Labute approximate surface area is 218 Å². The lowest BCUT2D eigenvalue weighted by molar-refractivity contribution is -0.157. The molecule has 0 radical (unpaired) electrons. The van der Waals surface area contributed by atoms with Crippen molar-refractivity contribution >= 4 is 16.8 Å². The summed E-state index contributed by atoms with van der Waals surface area (Å²) in [7, 11) is 0. The molecule has 1 aliphatic heterocycles. The van der Waals surface area contributed by atoms with Crippen molar-refractivity contribution < 1.29 is 9.90 Å². The second kappa shape index (κ2) is 10.0. The topological polar surface area (TPSA) is 93.2 Å². The lowest BCUT2D eigenvalue weighted by Gasteiger charge is -2.51. The zero-order valence-corrected chi connectivity index (χ0v) is 22.3. The number of nitrogens with zero attached hydrogens (tertiary/aromatic N) is 5. The smallest absolute Gasteiger partial charge is 0.269 e. The highest BCUT2D eigenvalue weighted by atomic mass is 16.3. The van der Waals surface area contributed by atoms with E-state index >= 15 is 0 Å². The Balaban J connectivity index is 1.31. The normalized spacial score (nSPS) is 23.3. The number of likely N-dealkylation sites (tertiary alicyclic amines) is 1. The average Bonchev–Trinajstić information content (AvgIpc) is 3.31. The van der Waals surface area contributed by atoms with Crippen LogP contribution in [0.2, 0.25) is 0 Å². The van der Waals surface area contributed by atoms with Crippen molar-refractivity contribution in [1.29, 1.82) is 0 Å². The number of rotatable bonds is 6. The van der Waals surface area contributed by atoms with E-state index in [1.807, 2.05) is 43.0 Å². The Morgan fingerprint density at radius 2 is 1.92 bits per heavy atom. The van der Waals surface area contributed by atoms with Crippen LogP contribution < -0.4 is 5.56 Å². The van der Waals surface area contributed by atoms with Gasteiger partial charge in [-0.15, -0.1) is 0 Å². The standard InChI is InChI=1S/C29H39N5O3/c1-21(15-22-9-5-4-6-10-22)27(36)32-14-13-29(37,28(2,3)19-32)20-33-18-25(30-17-26(33)35)34-24-12-8-7-11-23(24)16-31-34/h7-8,11-12,16-18,21-22,37H,4-6,9-10,13-15,19-20H2,1-3H3. The van der Waals surface area contributed by atoms with Gasteiger partial charge in [-0.3, -0.25) is 9.59 Å². The third-order valence-electron chi connectivity index (χ3n) is 8.77. The van der Waals surface area contributed by atoms with E-state index in [4.69, 9.17) is 0 Å². The van der Waals surface area contributed by atoms with Crippen molar-refractivity contribution in [1.82, 2.24) is 24.2 Å². The fraction of sp³-hybridized carbons (Fsp3) is 0.586. The maximum absolute atomic E-state index is 13.3. The molecule has 198 valence electrons. The van der Waals surface area contributed by atoms with Crippen molar-refractivity contribution in [3.8, 4) is 5.82 Å². The molecule has 3 heterocycles. The van der Waals surface area contributed by atoms with E-state index in [1.54, 1.807) is 17.1 Å². The lowest BCUT2D eigenvalue weighted by atomic mass is 9.69. The zero-order chi connectivity index (χ0) is 26.2. The maximum Gasteiger partial charge on any atom is 0.269 e. The van der Waals surface area contributed by atoms with Crippen LogP contribution in [0.25, 0.3) is 16.7 Å². The molecule has 2 aromatic heterocycles. The fourth-order valence-electron chi connectivity index (χ4n) is 6.28. The van der Waals surface area contributed by atoms with Crippen LogP contribution in [0.4, 0.5) is 0 Å². The molecular formula is C29H39N5O3. The molecule has 1 saturated heterocycles. The first-order chi connectivity index (χ1) is 17.7. The van der Waals surface area contributed by atoms with Gasteiger partial charge in [0, 0.05) is 29.8 Å². The Bertz CT molecular complexity index is 1320. The minimum absolute atomic E-state index is 0.000591. The number of carbonyl (C=O) groups excluding carboxylic acids is 1. The summed E-state index contributed by atoms with van der Waals surface area (Å²) in [5.74, 6) is 1.36. The van der Waals surface area contributed by atoms with E-state index in [-0.39, 0.29) is 23.9 Å². The molecule has 1 aromatic carbocycles. The Kier molecular flexibility index (Phi) is 6.96. The summed E-state index contributed by atoms with van der Waals surface area (Å²) in [6.07, 6.45) is 12.4. The van der Waals surface area contributed by atoms with E-state index < -0.39 is 11.0 Å². The third kappa shape index (κ3) is 5.08. The number of hydrogen-bond acceptors (Lipinski definition) is 5. The number of hydrogen-bond donors (Lipinski definition) is 1. The summed E-state index contributed by atoms with van der Waals surface area (Å²) < 4.78 is 3.24. The molecule has 2 fully saturated rings. The van der Waals surface area contributed by atoms with Crippen LogP contribution in [0.5, 0.6) is 0 Å². The highest BCUT2D eigenvalue weighted by molar-refractivity contribution is 5.80. The van der Waals surface area contributed by atoms with E-state index in [0.29, 0.717) is 31.2 Å². The zero-order valence-electron chi connectivity index (χ0n) is 22.3. The van der Waals surface area contributed by atoms with Gasteiger partial charge in [-0.1, -0.05) is 71.1 Å². The van der Waals surface area contributed by atoms with Crippen molar-refractivity contribution in [2.75, 3.05) is 13.1 Å². The number of piperidine rings is 1. The first-order valence-electron chi connectivity index (χ1n) is 13.7. The molecule has 8 heteroatoms. The monoisotopic (exact) mass is 505 g/mol. The van der Waals surface area contributed by atoms with Crippen molar-refractivity contribution in [3.05, 3.63) is 53.2 Å². The number of benzene rings is 1. The maximum atomic E-state index is 13.3. The van der Waals surface area contributed by atoms with Crippen molar-refractivity contribution in [3.63, 3.8) is 0 Å². The predicted octanol–water partition coefficient (Wildman–Crippen LogP) is 4.18. The number of para-hydroxylation sites is 1. The SMILES string of the molecule is CC(CC1CCCCC1)C(=O)N1CCC(O)(Cn2cc(-n3ncc4ccccc43)ncc2=O)C(C)(C)C1. The van der Waals surface area contributed by atoms with Crippen LogP contribution >= 0.6 is 0 Å². The van der Waals surface area contributed by atoms with Crippen LogP contribution in [0.3, 0.4) is 0 Å². The molecular weight excluding hydrogens is 466 g/mol. The summed E-state index contributed by atoms with van der Waals surface area (Å²) in [5, 5.41) is 17.3. The van der Waals surface area contributed by atoms with Gasteiger partial charge in [0.25, 0.3) is 5.56 Å². The molecule has 1 N–H and O–H groups in total. The molecule has 1 saturated carbocycles. The lowest BCUT2D eigenvalue weighted by Crippen LogP contribution is -2.61. The van der Waals surface area contributed by atoms with Crippen molar-refractivity contribution in [2.24, 2.45) is 17.3 Å². The predicted molar refractivity (Wildman–Crippen MR) is 143 cm³/mol. The molecule has 3 aromatic rings. The molecule has 1 aliphatic carbocycles. The van der Waals surface area contributed by atoms with Gasteiger partial charge >= 0.3 is 0 Å². The summed E-state index contributed by atoms with van der Waals surface area (Å²) in [4.78, 5) is 32.4. The van der Waals surface area contributed by atoms with Crippen LogP contribution in [-0.4, -0.2) is 53.9 Å². The van der Waals surface area contributed by atoms with Gasteiger partial charge in [-0.25, -0.2) is 9.67 Å². The van der Waals surface area contributed by atoms with Gasteiger partial charge in [0.1, 0.15) is 0 Å². The highest BCUT2D eigenvalue weighted by Gasteiger charge is 2.49. The third-order valence-corrected chi connectivity index (χ3v) is 8.77. The average molecular weight is 506 g/mol. The number of fused-ring (bicyclic) bond motifs is 1. The van der Waals surface area contributed by atoms with E-state index in [9.17, 15) is 14.7 Å². The molecule has 2 atom stereocenters. The molecule has 2 aliphatic rings. The van der Waals surface area contributed by atoms with Gasteiger partial charge in [0.2, 0.25) is 5.91 Å². The van der Waals surface area contributed by atoms with E-state index in [1.165, 1.54) is 42.9 Å². The summed E-state index contributed by atoms with van der Waals surface area (Å²) in [6, 6.07) is 7.82. The molecule has 37 heavy (non-hydrogen) atoms. The molecule has 8 nitrogen and oxygen atoms in total. The quantitative estimate of drug-likeness (QED) is 0.543.